The molecule has 4 fully saturated rings. The van der Waals surface area contributed by atoms with Gasteiger partial charge in [-0.25, -0.2) is 0 Å². The molecule has 0 amide bonds. The Morgan fingerprint density at radius 1 is 0.949 bits per heavy atom. The fourth-order valence-electron chi connectivity index (χ4n) is 11.2. The van der Waals surface area contributed by atoms with Gasteiger partial charge in [0.1, 0.15) is 11.9 Å². The van der Waals surface area contributed by atoms with E-state index in [1.807, 2.05) is 27.0 Å². The van der Waals surface area contributed by atoms with Crippen LogP contribution in [0.1, 0.15) is 106 Å². The Labute approximate surface area is 233 Å². The Balaban J connectivity index is 1.49. The van der Waals surface area contributed by atoms with E-state index in [0.717, 1.165) is 50.8 Å². The molecule has 6 rings (SSSR count). The third kappa shape index (κ3) is 3.24. The average Bonchev–Trinajstić information content (AvgIpc) is 3.29. The Morgan fingerprint density at radius 2 is 1.64 bits per heavy atom. The quantitative estimate of drug-likeness (QED) is 0.456. The molecule has 0 spiro atoms. The van der Waals surface area contributed by atoms with Gasteiger partial charge in [0, 0.05) is 23.2 Å². The first-order valence-electron chi connectivity index (χ1n) is 15.0. The number of carbonyl (C=O) groups is 2. The van der Waals surface area contributed by atoms with Gasteiger partial charge >= 0.3 is 0 Å². The summed E-state index contributed by atoms with van der Waals surface area (Å²) in [6.07, 6.45) is 9.50. The van der Waals surface area contributed by atoms with Gasteiger partial charge in [0.25, 0.3) is 0 Å². The third-order valence-corrected chi connectivity index (χ3v) is 13.4. The minimum absolute atomic E-state index is 0.0364. The lowest BCUT2D eigenvalue weighted by Crippen LogP contribution is -2.69. The summed E-state index contributed by atoms with van der Waals surface area (Å²) in [5.74, 6) is 1.54. The van der Waals surface area contributed by atoms with E-state index in [4.69, 9.17) is 5.10 Å². The third-order valence-electron chi connectivity index (χ3n) is 13.4. The average molecular weight is 532 g/mol. The standard InChI is InChI=1S/C32H45N5O2/c1-27(2)11-13-32(26-34-36-37(8)35-26)14-12-31(7)24(20(32)17-27)21(38)15-23-29(5)16-19(18-33)25(39)28(3,4)22(29)9-10-30(23,31)6/h16,20,22-24H,9-15,17H2,1-8H3/t20-,22+,23-,24+,29+,30-,31-,32+/m1/s1. The lowest BCUT2D eigenvalue weighted by atomic mass is 9.31. The highest BCUT2D eigenvalue weighted by atomic mass is 16.1. The van der Waals surface area contributed by atoms with Crippen molar-refractivity contribution in [1.29, 1.82) is 5.26 Å². The summed E-state index contributed by atoms with van der Waals surface area (Å²) in [6, 6.07) is 2.23. The van der Waals surface area contributed by atoms with Crippen LogP contribution in [0.15, 0.2) is 11.6 Å². The summed E-state index contributed by atoms with van der Waals surface area (Å²) in [6.45, 7) is 15.9. The maximum absolute atomic E-state index is 14.7. The number of ketones is 2. The van der Waals surface area contributed by atoms with Crippen LogP contribution in [0.4, 0.5) is 0 Å². The lowest BCUT2D eigenvalue weighted by molar-refractivity contribution is -0.214. The second-order valence-electron chi connectivity index (χ2n) is 15.9. The number of fused-ring (bicyclic) bond motifs is 7. The van der Waals surface area contributed by atoms with Crippen LogP contribution in [0.5, 0.6) is 0 Å². The van der Waals surface area contributed by atoms with Crippen molar-refractivity contribution in [3.05, 3.63) is 17.5 Å². The molecule has 5 aliphatic carbocycles. The molecular formula is C32H45N5O2. The highest BCUT2D eigenvalue weighted by Crippen LogP contribution is 2.75. The van der Waals surface area contributed by atoms with Gasteiger partial charge in [0.2, 0.25) is 0 Å². The molecule has 8 atom stereocenters. The zero-order valence-electron chi connectivity index (χ0n) is 25.1. The predicted molar refractivity (Wildman–Crippen MR) is 147 cm³/mol. The SMILES string of the molecule is Cn1nnc([C@]23CCC(C)(C)C[C@@H]2[C@H]2C(=O)C[C@@H]4[C@@]5(C)C=C(C#N)C(=O)C(C)(C)[C@@H]5CC[C@@]4(C)[C@]2(C)CC3)n1. The number of tetrazole rings is 1. The number of allylic oxidation sites excluding steroid dienone is 2. The van der Waals surface area contributed by atoms with Gasteiger partial charge < -0.3 is 0 Å². The molecule has 1 aromatic rings. The van der Waals surface area contributed by atoms with Crippen LogP contribution in [0.2, 0.25) is 0 Å². The largest absolute Gasteiger partial charge is 0.299 e. The van der Waals surface area contributed by atoms with Gasteiger partial charge in [-0.2, -0.15) is 10.1 Å². The van der Waals surface area contributed by atoms with Gasteiger partial charge in [-0.1, -0.05) is 54.5 Å². The van der Waals surface area contributed by atoms with Crippen LogP contribution < -0.4 is 0 Å². The van der Waals surface area contributed by atoms with Crippen molar-refractivity contribution in [3.8, 4) is 6.07 Å². The Hall–Kier alpha value is -2.36. The zero-order chi connectivity index (χ0) is 28.4. The number of nitriles is 1. The molecule has 4 saturated carbocycles. The number of hydrogen-bond donors (Lipinski definition) is 0. The summed E-state index contributed by atoms with van der Waals surface area (Å²) in [5.41, 5.74) is -0.983. The van der Waals surface area contributed by atoms with Crippen LogP contribution in [-0.2, 0) is 22.1 Å². The van der Waals surface area contributed by atoms with E-state index in [-0.39, 0.29) is 62.1 Å². The van der Waals surface area contributed by atoms with Crippen molar-refractivity contribution in [3.63, 3.8) is 0 Å². The molecule has 5 aliphatic rings. The minimum Gasteiger partial charge on any atom is -0.299 e. The van der Waals surface area contributed by atoms with Gasteiger partial charge in [-0.3, -0.25) is 9.59 Å². The van der Waals surface area contributed by atoms with Crippen molar-refractivity contribution in [2.75, 3.05) is 0 Å². The number of aryl methyl sites for hydroxylation is 1. The molecule has 1 heterocycles. The molecule has 0 radical (unpaired) electrons. The highest BCUT2D eigenvalue weighted by molar-refractivity contribution is 6.04. The smallest absolute Gasteiger partial charge is 0.181 e. The number of hydrogen-bond acceptors (Lipinski definition) is 6. The molecule has 7 nitrogen and oxygen atoms in total. The van der Waals surface area contributed by atoms with E-state index < -0.39 is 5.41 Å². The first-order valence-corrected chi connectivity index (χ1v) is 15.0. The normalized spacial score (nSPS) is 46.2. The van der Waals surface area contributed by atoms with Gasteiger partial charge in [-0.05, 0) is 89.6 Å². The number of carbonyl (C=O) groups excluding carboxylic acids is 2. The summed E-state index contributed by atoms with van der Waals surface area (Å²) in [7, 11) is 1.83. The first-order chi connectivity index (χ1) is 18.1. The molecule has 0 aromatic carbocycles. The van der Waals surface area contributed by atoms with Gasteiger partial charge in [0.15, 0.2) is 11.6 Å². The maximum Gasteiger partial charge on any atom is 0.181 e. The Morgan fingerprint density at radius 3 is 2.28 bits per heavy atom. The van der Waals surface area contributed by atoms with E-state index in [9.17, 15) is 14.9 Å². The number of nitrogens with zero attached hydrogens (tertiary/aromatic N) is 5. The summed E-state index contributed by atoms with van der Waals surface area (Å²) >= 11 is 0. The van der Waals surface area contributed by atoms with Crippen molar-refractivity contribution >= 4 is 11.6 Å². The van der Waals surface area contributed by atoms with Crippen molar-refractivity contribution < 1.29 is 9.59 Å². The monoisotopic (exact) mass is 531 g/mol. The van der Waals surface area contributed by atoms with Gasteiger partial charge in [0.05, 0.1) is 12.6 Å². The second kappa shape index (κ2) is 7.89. The van der Waals surface area contributed by atoms with Crippen LogP contribution in [0.3, 0.4) is 0 Å². The molecule has 7 heteroatoms. The van der Waals surface area contributed by atoms with Crippen LogP contribution in [-0.4, -0.2) is 31.8 Å². The molecule has 0 N–H and O–H groups in total. The summed E-state index contributed by atoms with van der Waals surface area (Å²) < 4.78 is 0. The van der Waals surface area contributed by atoms with E-state index in [0.29, 0.717) is 12.2 Å². The highest BCUT2D eigenvalue weighted by Gasteiger charge is 2.72. The van der Waals surface area contributed by atoms with Crippen LogP contribution >= 0.6 is 0 Å². The molecule has 0 saturated heterocycles. The second-order valence-corrected chi connectivity index (χ2v) is 15.9. The maximum atomic E-state index is 14.7. The van der Waals surface area contributed by atoms with Crippen LogP contribution in [0, 0.1) is 62.1 Å². The van der Waals surface area contributed by atoms with Gasteiger partial charge in [-0.15, -0.1) is 10.2 Å². The lowest BCUT2D eigenvalue weighted by Gasteiger charge is -2.71. The summed E-state index contributed by atoms with van der Waals surface area (Å²) in [4.78, 5) is 29.5. The Bertz CT molecular complexity index is 1330. The number of rotatable bonds is 1. The molecule has 0 aliphatic heterocycles. The van der Waals surface area contributed by atoms with E-state index >= 15 is 0 Å². The molecule has 210 valence electrons. The fourth-order valence-corrected chi connectivity index (χ4v) is 11.2. The molecule has 39 heavy (non-hydrogen) atoms. The summed E-state index contributed by atoms with van der Waals surface area (Å²) in [5, 5.41) is 23.5. The topological polar surface area (TPSA) is 102 Å². The molecule has 0 unspecified atom stereocenters. The fraction of sp³-hybridized carbons (Fsp3) is 0.812. The molecular weight excluding hydrogens is 486 g/mol. The molecule has 0 bridgehead atoms. The van der Waals surface area contributed by atoms with Crippen molar-refractivity contribution in [1.82, 2.24) is 20.2 Å². The number of Topliss-reactive ketones (excluding diaryl/α,β-unsaturated/α-hetero) is 2. The minimum atomic E-state index is -0.608. The molecule has 1 aromatic heterocycles. The zero-order valence-corrected chi connectivity index (χ0v) is 25.1. The van der Waals surface area contributed by atoms with E-state index in [1.54, 1.807) is 4.80 Å². The van der Waals surface area contributed by atoms with Crippen LogP contribution in [0.25, 0.3) is 0 Å². The number of aromatic nitrogens is 4. The van der Waals surface area contributed by atoms with E-state index in [2.05, 4.69) is 51.0 Å². The van der Waals surface area contributed by atoms with Crippen molar-refractivity contribution in [2.45, 2.75) is 105 Å². The van der Waals surface area contributed by atoms with E-state index in [1.165, 1.54) is 0 Å². The Kier molecular flexibility index (Phi) is 5.43. The van der Waals surface area contributed by atoms with Crippen molar-refractivity contribution in [2.24, 2.45) is 57.8 Å². The predicted octanol–water partition coefficient (Wildman–Crippen LogP) is 5.76. The first kappa shape index (κ1) is 26.8.